The van der Waals surface area contributed by atoms with E-state index in [4.69, 9.17) is 11.6 Å². The Morgan fingerprint density at radius 2 is 1.94 bits per heavy atom. The van der Waals surface area contributed by atoms with Gasteiger partial charge in [0.25, 0.3) is 0 Å². The van der Waals surface area contributed by atoms with Gasteiger partial charge >= 0.3 is 0 Å². The number of halogens is 3. The standard InChI is InChI=1S/C11H8ClF2NO2/c12-9(16)11(3-4-11)10(17)15-8-2-1-6(13)5-7(8)14/h1-2,5H,3-4H2,(H,15,17). The fourth-order valence-electron chi connectivity index (χ4n) is 1.47. The number of hydrogen-bond donors (Lipinski definition) is 1. The summed E-state index contributed by atoms with van der Waals surface area (Å²) >= 11 is 5.30. The lowest BCUT2D eigenvalue weighted by Gasteiger charge is -2.11. The zero-order valence-electron chi connectivity index (χ0n) is 8.60. The van der Waals surface area contributed by atoms with E-state index >= 15 is 0 Å². The van der Waals surface area contributed by atoms with Crippen LogP contribution in [0.15, 0.2) is 18.2 Å². The van der Waals surface area contributed by atoms with E-state index in [-0.39, 0.29) is 5.69 Å². The molecule has 1 aromatic carbocycles. The normalized spacial score (nSPS) is 16.4. The number of carbonyl (C=O) groups excluding carboxylic acids is 2. The third kappa shape index (κ3) is 2.15. The van der Waals surface area contributed by atoms with E-state index in [1.54, 1.807) is 0 Å². The highest BCUT2D eigenvalue weighted by Gasteiger charge is 2.55. The Balaban J connectivity index is 2.17. The van der Waals surface area contributed by atoms with E-state index in [2.05, 4.69) is 5.32 Å². The van der Waals surface area contributed by atoms with Crippen LogP contribution in [0.4, 0.5) is 14.5 Å². The quantitative estimate of drug-likeness (QED) is 0.669. The summed E-state index contributed by atoms with van der Waals surface area (Å²) in [4.78, 5) is 22.7. The van der Waals surface area contributed by atoms with Gasteiger partial charge in [-0.1, -0.05) is 0 Å². The molecule has 1 aromatic rings. The Morgan fingerprint density at radius 1 is 1.29 bits per heavy atom. The van der Waals surface area contributed by atoms with Crippen LogP contribution in [0.1, 0.15) is 12.8 Å². The monoisotopic (exact) mass is 259 g/mol. The zero-order chi connectivity index (χ0) is 12.6. The number of benzene rings is 1. The molecule has 6 heteroatoms. The highest BCUT2D eigenvalue weighted by molar-refractivity contribution is 6.67. The van der Waals surface area contributed by atoms with Crippen molar-refractivity contribution in [2.75, 3.05) is 5.32 Å². The number of anilines is 1. The SMILES string of the molecule is O=C(Cl)C1(C(=O)Nc2ccc(F)cc2F)CC1. The molecular formula is C11H8ClF2NO2. The number of hydrogen-bond acceptors (Lipinski definition) is 2. The summed E-state index contributed by atoms with van der Waals surface area (Å²) in [5, 5.41) is 1.48. The molecule has 1 aliphatic carbocycles. The molecule has 0 spiro atoms. The molecule has 17 heavy (non-hydrogen) atoms. The van der Waals surface area contributed by atoms with Crippen LogP contribution in [-0.4, -0.2) is 11.1 Å². The molecule has 0 unspecified atom stereocenters. The lowest BCUT2D eigenvalue weighted by Crippen LogP contribution is -2.29. The molecule has 1 amide bonds. The van der Waals surface area contributed by atoms with Crippen LogP contribution in [0.3, 0.4) is 0 Å². The van der Waals surface area contributed by atoms with Gasteiger partial charge in [-0.15, -0.1) is 0 Å². The van der Waals surface area contributed by atoms with Gasteiger partial charge in [-0.3, -0.25) is 9.59 Å². The van der Waals surface area contributed by atoms with Crippen molar-refractivity contribution in [3.05, 3.63) is 29.8 Å². The summed E-state index contributed by atoms with van der Waals surface area (Å²) in [5.74, 6) is -2.28. The Hall–Kier alpha value is -1.49. The molecule has 0 atom stereocenters. The molecule has 1 N–H and O–H groups in total. The molecule has 1 saturated carbocycles. The van der Waals surface area contributed by atoms with Gasteiger partial charge in [0.2, 0.25) is 11.1 Å². The van der Waals surface area contributed by atoms with Crippen molar-refractivity contribution in [3.8, 4) is 0 Å². The molecule has 1 aliphatic rings. The van der Waals surface area contributed by atoms with Crippen LogP contribution in [0, 0.1) is 17.0 Å². The topological polar surface area (TPSA) is 46.2 Å². The van der Waals surface area contributed by atoms with Crippen LogP contribution < -0.4 is 5.32 Å². The van der Waals surface area contributed by atoms with E-state index in [1.807, 2.05) is 0 Å². The Labute approximate surface area is 101 Å². The largest absolute Gasteiger partial charge is 0.323 e. The molecule has 2 rings (SSSR count). The minimum atomic E-state index is -1.23. The Bertz CT molecular complexity index is 500. The van der Waals surface area contributed by atoms with Crippen molar-refractivity contribution in [1.29, 1.82) is 0 Å². The fraction of sp³-hybridized carbons (Fsp3) is 0.273. The Morgan fingerprint density at radius 3 is 2.41 bits per heavy atom. The second-order valence-electron chi connectivity index (χ2n) is 3.93. The predicted molar refractivity (Wildman–Crippen MR) is 57.5 cm³/mol. The highest BCUT2D eigenvalue weighted by Crippen LogP contribution is 2.48. The van der Waals surface area contributed by atoms with Gasteiger partial charge < -0.3 is 5.32 Å². The summed E-state index contributed by atoms with van der Waals surface area (Å²) < 4.78 is 25.9. The Kier molecular flexibility index (Phi) is 2.87. The first-order chi connectivity index (χ1) is 7.95. The fourth-order valence-corrected chi connectivity index (χ4v) is 1.75. The molecule has 0 saturated heterocycles. The molecule has 0 bridgehead atoms. The van der Waals surface area contributed by atoms with E-state index < -0.39 is 28.2 Å². The van der Waals surface area contributed by atoms with Crippen molar-refractivity contribution >= 4 is 28.4 Å². The summed E-state index contributed by atoms with van der Waals surface area (Å²) in [6, 6.07) is 2.76. The summed E-state index contributed by atoms with van der Waals surface area (Å²) in [6.45, 7) is 0. The summed E-state index contributed by atoms with van der Waals surface area (Å²) in [7, 11) is 0. The average molecular weight is 260 g/mol. The third-order valence-corrected chi connectivity index (χ3v) is 3.10. The molecule has 90 valence electrons. The second-order valence-corrected chi connectivity index (χ2v) is 4.28. The minimum absolute atomic E-state index is 0.166. The molecule has 3 nitrogen and oxygen atoms in total. The molecule has 0 aliphatic heterocycles. The smallest absolute Gasteiger partial charge is 0.239 e. The first-order valence-corrected chi connectivity index (χ1v) is 5.30. The molecule has 1 fully saturated rings. The minimum Gasteiger partial charge on any atom is -0.323 e. The first kappa shape index (κ1) is 12.0. The summed E-state index contributed by atoms with van der Waals surface area (Å²) in [6.07, 6.45) is 0.702. The van der Waals surface area contributed by atoms with Gasteiger partial charge in [-0.25, -0.2) is 8.78 Å². The predicted octanol–water partition coefficient (Wildman–Crippen LogP) is 2.45. The van der Waals surface area contributed by atoms with Crippen molar-refractivity contribution in [3.63, 3.8) is 0 Å². The summed E-state index contributed by atoms with van der Waals surface area (Å²) in [5.41, 5.74) is -1.40. The first-order valence-electron chi connectivity index (χ1n) is 4.92. The second kappa shape index (κ2) is 4.07. The van der Waals surface area contributed by atoms with E-state index in [1.165, 1.54) is 0 Å². The van der Waals surface area contributed by atoms with Crippen LogP contribution >= 0.6 is 11.6 Å². The average Bonchev–Trinajstić information content (AvgIpc) is 3.02. The van der Waals surface area contributed by atoms with Crippen LogP contribution in [0.5, 0.6) is 0 Å². The zero-order valence-corrected chi connectivity index (χ0v) is 9.35. The van der Waals surface area contributed by atoms with Crippen molar-refractivity contribution in [1.82, 2.24) is 0 Å². The van der Waals surface area contributed by atoms with Gasteiger partial charge in [-0.05, 0) is 36.6 Å². The van der Waals surface area contributed by atoms with Crippen LogP contribution in [0.25, 0.3) is 0 Å². The maximum atomic E-state index is 13.2. The number of nitrogens with one attached hydrogen (secondary N) is 1. The van der Waals surface area contributed by atoms with Gasteiger partial charge in [-0.2, -0.15) is 0 Å². The van der Waals surface area contributed by atoms with E-state index in [0.717, 1.165) is 12.1 Å². The van der Waals surface area contributed by atoms with E-state index in [0.29, 0.717) is 18.9 Å². The lowest BCUT2D eigenvalue weighted by molar-refractivity contribution is -0.128. The number of carbonyl (C=O) groups is 2. The van der Waals surface area contributed by atoms with Gasteiger partial charge in [0.1, 0.15) is 17.0 Å². The molecule has 0 heterocycles. The molecular weight excluding hydrogens is 252 g/mol. The maximum Gasteiger partial charge on any atom is 0.239 e. The third-order valence-electron chi connectivity index (χ3n) is 2.74. The number of rotatable bonds is 3. The number of amides is 1. The van der Waals surface area contributed by atoms with Crippen molar-refractivity contribution in [2.45, 2.75) is 12.8 Å². The van der Waals surface area contributed by atoms with Gasteiger partial charge in [0, 0.05) is 6.07 Å². The molecule has 0 aromatic heterocycles. The van der Waals surface area contributed by atoms with E-state index in [9.17, 15) is 18.4 Å². The van der Waals surface area contributed by atoms with Gasteiger partial charge in [0.05, 0.1) is 5.69 Å². The van der Waals surface area contributed by atoms with Gasteiger partial charge in [0.15, 0.2) is 0 Å². The maximum absolute atomic E-state index is 13.2. The van der Waals surface area contributed by atoms with Crippen LogP contribution in [0.2, 0.25) is 0 Å². The highest BCUT2D eigenvalue weighted by atomic mass is 35.5. The molecule has 0 radical (unpaired) electrons. The van der Waals surface area contributed by atoms with Crippen molar-refractivity contribution < 1.29 is 18.4 Å². The van der Waals surface area contributed by atoms with Crippen LogP contribution in [-0.2, 0) is 9.59 Å². The van der Waals surface area contributed by atoms with Crippen molar-refractivity contribution in [2.24, 2.45) is 5.41 Å². The lowest BCUT2D eigenvalue weighted by atomic mass is 10.1.